The molecule has 6 heteroatoms. The van der Waals surface area contributed by atoms with E-state index in [9.17, 15) is 0 Å². The highest BCUT2D eigenvalue weighted by atomic mass is 32.1. The molecule has 7 rings (SSSR count). The van der Waals surface area contributed by atoms with Gasteiger partial charge in [0.25, 0.3) is 0 Å². The summed E-state index contributed by atoms with van der Waals surface area (Å²) in [5, 5.41) is 2.42. The van der Waals surface area contributed by atoms with E-state index in [1.165, 1.54) is 15.5 Å². The zero-order valence-electron chi connectivity index (χ0n) is 21.8. The molecule has 190 valence electrons. The summed E-state index contributed by atoms with van der Waals surface area (Å²) >= 11 is 1.74. The molecule has 39 heavy (non-hydrogen) atoms. The molecule has 0 fully saturated rings. The van der Waals surface area contributed by atoms with Gasteiger partial charge >= 0.3 is 0 Å². The number of benzene rings is 3. The molecule has 0 aliphatic carbocycles. The van der Waals surface area contributed by atoms with Gasteiger partial charge in [0.1, 0.15) is 10.6 Å². The van der Waals surface area contributed by atoms with Crippen molar-refractivity contribution < 1.29 is 0 Å². The van der Waals surface area contributed by atoms with E-state index >= 15 is 0 Å². The molecule has 0 saturated carbocycles. The fourth-order valence-corrected chi connectivity index (χ4v) is 6.41. The molecule has 0 spiro atoms. The molecule has 0 saturated heterocycles. The highest BCUT2D eigenvalue weighted by Crippen LogP contribution is 2.40. The molecule has 6 aromatic rings. The van der Waals surface area contributed by atoms with Crippen LogP contribution in [0.4, 0.5) is 22.9 Å². The van der Waals surface area contributed by atoms with Crippen molar-refractivity contribution in [3.8, 4) is 11.3 Å². The van der Waals surface area contributed by atoms with Crippen LogP contribution in [0.25, 0.3) is 31.6 Å². The van der Waals surface area contributed by atoms with Gasteiger partial charge in [0.15, 0.2) is 0 Å². The van der Waals surface area contributed by atoms with Crippen molar-refractivity contribution in [2.75, 3.05) is 23.5 Å². The summed E-state index contributed by atoms with van der Waals surface area (Å²) in [6, 6.07) is 36.1. The second-order valence-corrected chi connectivity index (χ2v) is 10.8. The Bertz CT molecular complexity index is 1840. The largest absolute Gasteiger partial charge is 0.361 e. The fourth-order valence-electron chi connectivity index (χ4n) is 5.17. The summed E-state index contributed by atoms with van der Waals surface area (Å²) in [6.07, 6.45) is 4.21. The number of aryl methyl sites for hydroxylation is 1. The number of anilines is 4. The molecular weight excluding hydrogens is 498 g/mol. The van der Waals surface area contributed by atoms with Gasteiger partial charge in [-0.1, -0.05) is 48.5 Å². The number of hydrogen-bond acceptors (Lipinski definition) is 6. The monoisotopic (exact) mass is 525 g/mol. The molecule has 0 amide bonds. The first kappa shape index (κ1) is 23.4. The minimum absolute atomic E-state index is 0.829. The maximum atomic E-state index is 5.25. The number of pyridine rings is 2. The molecular formula is C33H27N5S. The number of rotatable bonds is 5. The lowest BCUT2D eigenvalue weighted by molar-refractivity contribution is 0.496. The van der Waals surface area contributed by atoms with Crippen molar-refractivity contribution in [2.24, 2.45) is 0 Å². The number of hydrogen-bond donors (Lipinski definition) is 0. The first-order valence-corrected chi connectivity index (χ1v) is 13.8. The summed E-state index contributed by atoms with van der Waals surface area (Å²) in [5.74, 6) is 0.872. The summed E-state index contributed by atoms with van der Waals surface area (Å²) in [6.45, 7) is 2.87. The minimum atomic E-state index is 0.829. The summed E-state index contributed by atoms with van der Waals surface area (Å²) in [7, 11) is 2.08. The van der Waals surface area contributed by atoms with Gasteiger partial charge in [0.05, 0.1) is 12.4 Å². The molecule has 3 aromatic heterocycles. The van der Waals surface area contributed by atoms with E-state index in [2.05, 4.69) is 131 Å². The van der Waals surface area contributed by atoms with Crippen LogP contribution in [-0.2, 0) is 0 Å². The molecule has 1 aliphatic heterocycles. The van der Waals surface area contributed by atoms with Crippen LogP contribution in [0.3, 0.4) is 0 Å². The van der Waals surface area contributed by atoms with Crippen LogP contribution in [0.5, 0.6) is 0 Å². The maximum absolute atomic E-state index is 5.25. The second kappa shape index (κ2) is 9.57. The van der Waals surface area contributed by atoms with E-state index in [0.29, 0.717) is 0 Å². The van der Waals surface area contributed by atoms with Gasteiger partial charge in [-0.2, -0.15) is 0 Å². The Morgan fingerprint density at radius 3 is 2.41 bits per heavy atom. The van der Waals surface area contributed by atoms with Crippen LogP contribution in [0, 0.1) is 6.92 Å². The maximum Gasteiger partial charge on any atom is 0.138 e. The van der Waals surface area contributed by atoms with E-state index in [0.717, 1.165) is 51.3 Å². The first-order chi connectivity index (χ1) is 19.1. The lowest BCUT2D eigenvalue weighted by atomic mass is 10.1. The number of fused-ring (bicyclic) bond motifs is 3. The van der Waals surface area contributed by atoms with Crippen molar-refractivity contribution in [3.05, 3.63) is 121 Å². The zero-order chi connectivity index (χ0) is 26.3. The van der Waals surface area contributed by atoms with Crippen LogP contribution in [-0.4, -0.2) is 28.6 Å². The quantitative estimate of drug-likeness (QED) is 0.226. The third-order valence-electron chi connectivity index (χ3n) is 7.05. The first-order valence-electron chi connectivity index (χ1n) is 13.0. The van der Waals surface area contributed by atoms with Gasteiger partial charge < -0.3 is 9.80 Å². The molecule has 3 aromatic carbocycles. The molecule has 4 heterocycles. The van der Waals surface area contributed by atoms with Crippen LogP contribution in [0.1, 0.15) is 5.69 Å². The third-order valence-corrected chi connectivity index (χ3v) is 8.20. The zero-order valence-corrected chi connectivity index (χ0v) is 22.6. The minimum Gasteiger partial charge on any atom is -0.361 e. The summed E-state index contributed by atoms with van der Waals surface area (Å²) in [4.78, 5) is 17.8. The van der Waals surface area contributed by atoms with Crippen LogP contribution >= 0.6 is 11.3 Å². The van der Waals surface area contributed by atoms with E-state index in [1.54, 1.807) is 11.3 Å². The van der Waals surface area contributed by atoms with Gasteiger partial charge in [-0.25, -0.2) is 9.97 Å². The van der Waals surface area contributed by atoms with Gasteiger partial charge in [-0.3, -0.25) is 4.90 Å². The van der Waals surface area contributed by atoms with Crippen molar-refractivity contribution in [2.45, 2.75) is 6.92 Å². The van der Waals surface area contributed by atoms with Crippen molar-refractivity contribution in [1.29, 1.82) is 0 Å². The van der Waals surface area contributed by atoms with Crippen molar-refractivity contribution in [3.63, 3.8) is 0 Å². The van der Waals surface area contributed by atoms with E-state index in [4.69, 9.17) is 9.97 Å². The number of thiophene rings is 1. The third kappa shape index (κ3) is 4.29. The Kier molecular flexibility index (Phi) is 5.75. The highest BCUT2D eigenvalue weighted by molar-refractivity contribution is 7.26. The standard InChI is InChI=1S/C33H27N5S/c1-23-17-18-28-27-13-7-14-29(32(27)39-33(28)34-23)30-15-8-16-31(35-30)38(24-9-4-3-5-10-24)26-12-6-11-25(21-26)37-20-19-36(2)22-37/h3-21H,22H2,1-2H3. The van der Waals surface area contributed by atoms with Crippen LogP contribution in [0.15, 0.2) is 116 Å². The summed E-state index contributed by atoms with van der Waals surface area (Å²) < 4.78 is 1.22. The highest BCUT2D eigenvalue weighted by Gasteiger charge is 2.18. The Morgan fingerprint density at radius 2 is 1.56 bits per heavy atom. The van der Waals surface area contributed by atoms with Crippen molar-refractivity contribution >= 4 is 54.5 Å². The Hall–Kier alpha value is -4.68. The molecule has 0 atom stereocenters. The van der Waals surface area contributed by atoms with Gasteiger partial charge in [0.2, 0.25) is 0 Å². The predicted octanol–water partition coefficient (Wildman–Crippen LogP) is 8.47. The molecule has 0 radical (unpaired) electrons. The molecule has 0 bridgehead atoms. The van der Waals surface area contributed by atoms with E-state index < -0.39 is 0 Å². The SMILES string of the molecule is Cc1ccc2c(n1)sc1c(-c3cccc(N(c4ccccc4)c4cccc(N5C=CN(C)C5)c4)n3)cccc12. The van der Waals surface area contributed by atoms with E-state index in [-0.39, 0.29) is 0 Å². The molecule has 0 unspecified atom stereocenters. The smallest absolute Gasteiger partial charge is 0.138 e. The summed E-state index contributed by atoms with van der Waals surface area (Å²) in [5.41, 5.74) is 6.37. The number of nitrogens with zero attached hydrogens (tertiary/aromatic N) is 5. The second-order valence-electron chi connectivity index (χ2n) is 9.83. The average molecular weight is 526 g/mol. The predicted molar refractivity (Wildman–Crippen MR) is 164 cm³/mol. The topological polar surface area (TPSA) is 35.5 Å². The molecule has 0 N–H and O–H groups in total. The van der Waals surface area contributed by atoms with Crippen LogP contribution in [0.2, 0.25) is 0 Å². The van der Waals surface area contributed by atoms with Crippen LogP contribution < -0.4 is 9.80 Å². The number of para-hydroxylation sites is 1. The Labute approximate surface area is 231 Å². The molecule has 5 nitrogen and oxygen atoms in total. The van der Waals surface area contributed by atoms with Gasteiger partial charge in [-0.15, -0.1) is 11.3 Å². The Balaban J connectivity index is 1.36. The van der Waals surface area contributed by atoms with Crippen molar-refractivity contribution in [1.82, 2.24) is 14.9 Å². The normalized spacial score (nSPS) is 13.1. The van der Waals surface area contributed by atoms with Gasteiger partial charge in [0, 0.05) is 63.2 Å². The lowest BCUT2D eigenvalue weighted by Crippen LogP contribution is -2.22. The fraction of sp³-hybridized carbons (Fsp3) is 0.0909. The Morgan fingerprint density at radius 1 is 0.744 bits per heavy atom. The average Bonchev–Trinajstić information content (AvgIpc) is 3.57. The van der Waals surface area contributed by atoms with E-state index in [1.807, 2.05) is 13.0 Å². The molecule has 1 aliphatic rings. The van der Waals surface area contributed by atoms with Gasteiger partial charge in [-0.05, 0) is 61.5 Å². The number of aromatic nitrogens is 2. The lowest BCUT2D eigenvalue weighted by Gasteiger charge is -2.26.